The highest BCUT2D eigenvalue weighted by Crippen LogP contribution is 2.26. The van der Waals surface area contributed by atoms with Crippen LogP contribution in [0.2, 0.25) is 0 Å². The molecule has 30 heavy (non-hydrogen) atoms. The summed E-state index contributed by atoms with van der Waals surface area (Å²) in [6.45, 7) is 9.23. The third-order valence-electron chi connectivity index (χ3n) is 5.62. The maximum absolute atomic E-state index is 12.1. The van der Waals surface area contributed by atoms with Gasteiger partial charge in [-0.1, -0.05) is 38.1 Å². The van der Waals surface area contributed by atoms with E-state index < -0.39 is 0 Å². The number of furan rings is 1. The number of aromatic nitrogens is 3. The van der Waals surface area contributed by atoms with Gasteiger partial charge in [-0.3, -0.25) is 9.69 Å². The smallest absolute Gasteiger partial charge is 0.223 e. The van der Waals surface area contributed by atoms with E-state index in [4.69, 9.17) is 4.42 Å². The second-order valence-electron chi connectivity index (χ2n) is 8.17. The zero-order chi connectivity index (χ0) is 21.1. The average molecular weight is 408 g/mol. The molecule has 4 rings (SSSR count). The molecule has 1 aliphatic heterocycles. The van der Waals surface area contributed by atoms with Crippen molar-refractivity contribution in [1.82, 2.24) is 25.0 Å². The second-order valence-corrected chi connectivity index (χ2v) is 8.17. The summed E-state index contributed by atoms with van der Waals surface area (Å²) in [7, 11) is 0. The summed E-state index contributed by atoms with van der Waals surface area (Å²) in [5, 5.41) is 11.8. The van der Waals surface area contributed by atoms with Crippen LogP contribution in [0, 0.1) is 5.92 Å². The van der Waals surface area contributed by atoms with Gasteiger partial charge in [0.1, 0.15) is 11.6 Å². The summed E-state index contributed by atoms with van der Waals surface area (Å²) in [4.78, 5) is 14.5. The number of amides is 1. The Balaban J connectivity index is 1.46. The Morgan fingerprint density at radius 2 is 1.93 bits per heavy atom. The Morgan fingerprint density at radius 3 is 2.70 bits per heavy atom. The number of nitrogens with zero attached hydrogens (tertiary/aromatic N) is 4. The number of fused-ring (bicyclic) bond motifs is 1. The topological polar surface area (TPSA) is 76.2 Å². The Kier molecular flexibility index (Phi) is 5.99. The van der Waals surface area contributed by atoms with Crippen LogP contribution in [0.5, 0.6) is 0 Å². The van der Waals surface area contributed by atoms with Crippen LogP contribution in [-0.2, 0) is 24.3 Å². The molecule has 0 unspecified atom stereocenters. The van der Waals surface area contributed by atoms with Crippen molar-refractivity contribution in [1.29, 1.82) is 0 Å². The van der Waals surface area contributed by atoms with Crippen molar-refractivity contribution in [2.45, 2.75) is 46.3 Å². The van der Waals surface area contributed by atoms with E-state index in [1.165, 1.54) is 5.56 Å². The molecule has 7 heteroatoms. The molecule has 0 fully saturated rings. The number of benzene rings is 1. The lowest BCUT2D eigenvalue weighted by molar-refractivity contribution is -0.124. The Morgan fingerprint density at radius 1 is 1.10 bits per heavy atom. The number of hydrogen-bond donors (Lipinski definition) is 1. The predicted molar refractivity (Wildman–Crippen MR) is 115 cm³/mol. The maximum Gasteiger partial charge on any atom is 0.223 e. The van der Waals surface area contributed by atoms with Crippen LogP contribution in [0.1, 0.15) is 44.0 Å². The molecule has 2 aromatic heterocycles. The molecule has 158 valence electrons. The Hall–Kier alpha value is -2.93. The highest BCUT2D eigenvalue weighted by Gasteiger charge is 2.23. The van der Waals surface area contributed by atoms with E-state index in [0.717, 1.165) is 55.6 Å². The van der Waals surface area contributed by atoms with Crippen LogP contribution >= 0.6 is 0 Å². The second kappa shape index (κ2) is 8.83. The number of nitrogens with one attached hydrogen (secondary N) is 1. The van der Waals surface area contributed by atoms with Crippen molar-refractivity contribution in [3.8, 4) is 11.3 Å². The van der Waals surface area contributed by atoms with Gasteiger partial charge in [0.2, 0.25) is 5.91 Å². The van der Waals surface area contributed by atoms with Gasteiger partial charge in [-0.05, 0) is 24.6 Å². The van der Waals surface area contributed by atoms with E-state index >= 15 is 0 Å². The van der Waals surface area contributed by atoms with Crippen LogP contribution in [0.25, 0.3) is 11.3 Å². The van der Waals surface area contributed by atoms with Crippen LogP contribution in [0.15, 0.2) is 47.1 Å². The molecule has 1 atom stereocenters. The molecule has 3 aromatic rings. The molecule has 0 spiro atoms. The summed E-state index contributed by atoms with van der Waals surface area (Å²) in [6, 6.07) is 12.2. The van der Waals surface area contributed by atoms with Crippen LogP contribution in [0.4, 0.5) is 0 Å². The third kappa shape index (κ3) is 4.31. The van der Waals surface area contributed by atoms with Crippen LogP contribution in [-0.4, -0.2) is 38.7 Å². The van der Waals surface area contributed by atoms with Crippen molar-refractivity contribution in [2.24, 2.45) is 5.92 Å². The summed E-state index contributed by atoms with van der Waals surface area (Å²) < 4.78 is 7.80. The van der Waals surface area contributed by atoms with E-state index in [0.29, 0.717) is 0 Å². The van der Waals surface area contributed by atoms with Gasteiger partial charge in [-0.15, -0.1) is 10.2 Å². The first-order valence-corrected chi connectivity index (χ1v) is 10.6. The maximum atomic E-state index is 12.1. The van der Waals surface area contributed by atoms with Crippen molar-refractivity contribution in [3.05, 3.63) is 59.9 Å². The molecule has 7 nitrogen and oxygen atoms in total. The normalized spacial score (nSPS) is 15.6. The van der Waals surface area contributed by atoms with E-state index in [2.05, 4.69) is 43.2 Å². The molecule has 0 bridgehead atoms. The number of carbonyl (C=O) groups is 1. The first kappa shape index (κ1) is 20.3. The van der Waals surface area contributed by atoms with E-state index in [-0.39, 0.29) is 17.9 Å². The number of rotatable bonds is 6. The zero-order valence-electron chi connectivity index (χ0n) is 17.8. The predicted octanol–water partition coefficient (Wildman–Crippen LogP) is 3.43. The molecule has 1 amide bonds. The van der Waals surface area contributed by atoms with Crippen molar-refractivity contribution in [2.75, 3.05) is 13.1 Å². The van der Waals surface area contributed by atoms with Crippen LogP contribution < -0.4 is 5.32 Å². The molecule has 1 N–H and O–H groups in total. The minimum absolute atomic E-state index is 0.0321. The fourth-order valence-electron chi connectivity index (χ4n) is 3.88. The van der Waals surface area contributed by atoms with Gasteiger partial charge < -0.3 is 14.3 Å². The molecule has 3 heterocycles. The van der Waals surface area contributed by atoms with Gasteiger partial charge in [0, 0.05) is 44.1 Å². The quantitative estimate of drug-likeness (QED) is 0.677. The standard InChI is InChI=1S/C23H29N5O2/c1-16(2)23(29)24-17(3)22-26-25-21-10-11-27(12-13-28(21)22)15-18-7-4-5-8-19(18)20-9-6-14-30-20/h4-9,14,16-17H,10-13,15H2,1-3H3,(H,24,29)/t17-/m1/s1. The summed E-state index contributed by atoms with van der Waals surface area (Å²) >= 11 is 0. The van der Waals surface area contributed by atoms with Crippen molar-refractivity contribution in [3.63, 3.8) is 0 Å². The molecular weight excluding hydrogens is 378 g/mol. The van der Waals surface area contributed by atoms with Gasteiger partial charge in [0.05, 0.1) is 12.3 Å². The van der Waals surface area contributed by atoms with Gasteiger partial charge >= 0.3 is 0 Å². The molecule has 0 aliphatic carbocycles. The molecule has 1 aromatic carbocycles. The Bertz CT molecular complexity index is 993. The molecule has 0 saturated heterocycles. The van der Waals surface area contributed by atoms with Gasteiger partial charge in [-0.2, -0.15) is 0 Å². The third-order valence-corrected chi connectivity index (χ3v) is 5.62. The van der Waals surface area contributed by atoms with E-state index in [9.17, 15) is 4.79 Å². The summed E-state index contributed by atoms with van der Waals surface area (Å²) in [5.41, 5.74) is 2.39. The minimum Gasteiger partial charge on any atom is -0.464 e. The number of hydrogen-bond acceptors (Lipinski definition) is 5. The molecule has 0 saturated carbocycles. The average Bonchev–Trinajstić information content (AvgIpc) is 3.36. The molecule has 1 aliphatic rings. The summed E-state index contributed by atoms with van der Waals surface area (Å²) in [6.07, 6.45) is 2.55. The van der Waals surface area contributed by atoms with Gasteiger partial charge in [0.25, 0.3) is 0 Å². The van der Waals surface area contributed by atoms with Crippen LogP contribution in [0.3, 0.4) is 0 Å². The SMILES string of the molecule is CC(C)C(=O)N[C@H](C)c1nnc2n1CCN(Cc1ccccc1-c1ccco1)CC2. The molecule has 0 radical (unpaired) electrons. The first-order valence-electron chi connectivity index (χ1n) is 10.6. The lowest BCUT2D eigenvalue weighted by Crippen LogP contribution is -2.32. The van der Waals surface area contributed by atoms with Crippen molar-refractivity contribution < 1.29 is 9.21 Å². The Labute approximate surface area is 177 Å². The first-order chi connectivity index (χ1) is 14.5. The zero-order valence-corrected chi connectivity index (χ0v) is 17.8. The van der Waals surface area contributed by atoms with E-state index in [1.807, 2.05) is 39.0 Å². The molecular formula is C23H29N5O2. The fraction of sp³-hybridized carbons (Fsp3) is 0.435. The number of carbonyl (C=O) groups excluding carboxylic acids is 1. The van der Waals surface area contributed by atoms with Crippen molar-refractivity contribution >= 4 is 5.91 Å². The van der Waals surface area contributed by atoms with Gasteiger partial charge in [-0.25, -0.2) is 0 Å². The lowest BCUT2D eigenvalue weighted by atomic mass is 10.0. The summed E-state index contributed by atoms with van der Waals surface area (Å²) in [5.74, 6) is 2.69. The van der Waals surface area contributed by atoms with Gasteiger partial charge in [0.15, 0.2) is 5.82 Å². The van der Waals surface area contributed by atoms with E-state index in [1.54, 1.807) is 6.26 Å². The lowest BCUT2D eigenvalue weighted by Gasteiger charge is -2.21. The highest BCUT2D eigenvalue weighted by molar-refractivity contribution is 5.78. The largest absolute Gasteiger partial charge is 0.464 e. The highest BCUT2D eigenvalue weighted by atomic mass is 16.3. The minimum atomic E-state index is -0.160. The fourth-order valence-corrected chi connectivity index (χ4v) is 3.88. The monoisotopic (exact) mass is 407 g/mol.